The Balaban J connectivity index is 2.16. The number of anilines is 2. The van der Waals surface area contributed by atoms with E-state index < -0.39 is 0 Å². The van der Waals surface area contributed by atoms with Crippen LogP contribution in [0.15, 0.2) is 36.4 Å². The van der Waals surface area contributed by atoms with E-state index in [-0.39, 0.29) is 6.03 Å². The molecule has 0 atom stereocenters. The van der Waals surface area contributed by atoms with Crippen LogP contribution in [0.2, 0.25) is 5.02 Å². The first-order chi connectivity index (χ1) is 10.9. The van der Waals surface area contributed by atoms with E-state index in [4.69, 9.17) is 16.3 Å². The lowest BCUT2D eigenvalue weighted by Gasteiger charge is -2.17. The zero-order valence-corrected chi connectivity index (χ0v) is 14.5. The largest absolute Gasteiger partial charge is 0.495 e. The molecule has 23 heavy (non-hydrogen) atoms. The molecule has 2 aromatic rings. The van der Waals surface area contributed by atoms with Gasteiger partial charge in [-0.2, -0.15) is 0 Å². The van der Waals surface area contributed by atoms with Crippen molar-refractivity contribution in [2.75, 3.05) is 17.7 Å². The molecule has 0 heterocycles. The van der Waals surface area contributed by atoms with Crippen LogP contribution in [0, 0.1) is 6.92 Å². The number of amides is 2. The van der Waals surface area contributed by atoms with E-state index in [1.807, 2.05) is 25.1 Å². The third kappa shape index (κ3) is 4.17. The minimum Gasteiger partial charge on any atom is -0.495 e. The lowest BCUT2D eigenvalue weighted by atomic mass is 9.98. The molecular formula is C18H21ClN2O2. The van der Waals surface area contributed by atoms with E-state index in [1.54, 1.807) is 25.3 Å². The highest BCUT2D eigenvalue weighted by atomic mass is 35.5. The maximum atomic E-state index is 12.3. The van der Waals surface area contributed by atoms with Crippen LogP contribution in [0.4, 0.5) is 16.2 Å². The van der Waals surface area contributed by atoms with Crippen LogP contribution in [0.25, 0.3) is 0 Å². The molecule has 2 rings (SSSR count). The molecule has 0 radical (unpaired) electrons. The Bertz CT molecular complexity index is 714. The first-order valence-corrected chi connectivity index (χ1v) is 7.81. The van der Waals surface area contributed by atoms with Gasteiger partial charge in [0.1, 0.15) is 5.75 Å². The molecule has 0 saturated heterocycles. The summed E-state index contributed by atoms with van der Waals surface area (Å²) in [4.78, 5) is 12.3. The predicted molar refractivity (Wildman–Crippen MR) is 95.9 cm³/mol. The summed E-state index contributed by atoms with van der Waals surface area (Å²) in [6.45, 7) is 6.17. The number of rotatable bonds is 4. The van der Waals surface area contributed by atoms with Gasteiger partial charge in [-0.1, -0.05) is 43.6 Å². The Morgan fingerprint density at radius 3 is 2.52 bits per heavy atom. The van der Waals surface area contributed by atoms with E-state index in [0.29, 0.717) is 22.4 Å². The van der Waals surface area contributed by atoms with Gasteiger partial charge in [0, 0.05) is 11.4 Å². The molecule has 2 N–H and O–H groups in total. The number of urea groups is 1. The zero-order valence-electron chi connectivity index (χ0n) is 13.7. The molecule has 0 fully saturated rings. The van der Waals surface area contributed by atoms with Crippen molar-refractivity contribution in [2.45, 2.75) is 26.7 Å². The Morgan fingerprint density at radius 1 is 1.17 bits per heavy atom. The topological polar surface area (TPSA) is 50.4 Å². The molecule has 0 unspecified atom stereocenters. The van der Waals surface area contributed by atoms with Crippen molar-refractivity contribution in [1.29, 1.82) is 0 Å². The predicted octanol–water partition coefficient (Wildman–Crippen LogP) is 5.42. The van der Waals surface area contributed by atoms with Crippen molar-refractivity contribution >= 4 is 29.0 Å². The van der Waals surface area contributed by atoms with E-state index in [2.05, 4.69) is 24.5 Å². The Morgan fingerprint density at radius 2 is 1.91 bits per heavy atom. The summed E-state index contributed by atoms with van der Waals surface area (Å²) in [7, 11) is 1.55. The van der Waals surface area contributed by atoms with Gasteiger partial charge >= 0.3 is 6.03 Å². The molecule has 0 aliphatic rings. The number of nitrogens with one attached hydrogen (secondary N) is 2. The highest BCUT2D eigenvalue weighted by Gasteiger charge is 2.12. The van der Waals surface area contributed by atoms with Crippen LogP contribution < -0.4 is 15.4 Å². The van der Waals surface area contributed by atoms with Crippen molar-refractivity contribution in [1.82, 2.24) is 0 Å². The second kappa shape index (κ2) is 7.38. The first-order valence-electron chi connectivity index (χ1n) is 7.43. The van der Waals surface area contributed by atoms with Crippen LogP contribution in [-0.2, 0) is 0 Å². The minimum absolute atomic E-state index is 0.303. The van der Waals surface area contributed by atoms with Gasteiger partial charge in [-0.05, 0) is 42.2 Å². The third-order valence-electron chi connectivity index (χ3n) is 3.58. The fourth-order valence-corrected chi connectivity index (χ4v) is 2.62. The van der Waals surface area contributed by atoms with E-state index in [9.17, 15) is 4.79 Å². The van der Waals surface area contributed by atoms with Gasteiger partial charge in [-0.25, -0.2) is 4.79 Å². The molecule has 0 bridgehead atoms. The lowest BCUT2D eigenvalue weighted by molar-refractivity contribution is 0.262. The van der Waals surface area contributed by atoms with Gasteiger partial charge in [0.15, 0.2) is 0 Å². The van der Waals surface area contributed by atoms with E-state index in [1.165, 1.54) is 0 Å². The fourth-order valence-electron chi connectivity index (χ4n) is 2.36. The molecule has 5 heteroatoms. The highest BCUT2D eigenvalue weighted by Crippen LogP contribution is 2.29. The second-order valence-corrected chi connectivity index (χ2v) is 6.03. The first kappa shape index (κ1) is 17.2. The van der Waals surface area contributed by atoms with Crippen LogP contribution in [-0.4, -0.2) is 13.1 Å². The quantitative estimate of drug-likeness (QED) is 0.784. The number of carbonyl (C=O) groups is 1. The monoisotopic (exact) mass is 332 g/mol. The van der Waals surface area contributed by atoms with Crippen molar-refractivity contribution in [2.24, 2.45) is 0 Å². The van der Waals surface area contributed by atoms with Gasteiger partial charge in [0.2, 0.25) is 0 Å². The van der Waals surface area contributed by atoms with Gasteiger partial charge < -0.3 is 15.4 Å². The summed E-state index contributed by atoms with van der Waals surface area (Å²) in [5.74, 6) is 0.888. The molecule has 0 aliphatic carbocycles. The minimum atomic E-state index is -0.303. The zero-order chi connectivity index (χ0) is 17.0. The number of halogens is 1. The third-order valence-corrected chi connectivity index (χ3v) is 3.87. The fraction of sp³-hybridized carbons (Fsp3) is 0.278. The molecule has 122 valence electrons. The number of hydrogen-bond donors (Lipinski definition) is 2. The van der Waals surface area contributed by atoms with E-state index in [0.717, 1.165) is 16.8 Å². The van der Waals surface area contributed by atoms with Gasteiger partial charge in [-0.3, -0.25) is 0 Å². The van der Waals surface area contributed by atoms with E-state index >= 15 is 0 Å². The number of methoxy groups -OCH3 is 1. The van der Waals surface area contributed by atoms with Gasteiger partial charge in [-0.15, -0.1) is 0 Å². The van der Waals surface area contributed by atoms with Crippen molar-refractivity contribution < 1.29 is 9.53 Å². The molecule has 4 nitrogen and oxygen atoms in total. The summed E-state index contributed by atoms with van der Waals surface area (Å²) >= 11 is 6.07. The van der Waals surface area contributed by atoms with Crippen molar-refractivity contribution in [3.05, 3.63) is 52.5 Å². The standard InChI is InChI=1S/C18H21ClN2O2/c1-11(2)14-7-5-6-12(3)17(14)21-18(22)20-13-8-9-16(23-4)15(19)10-13/h5-11H,1-4H3,(H2,20,21,22). The van der Waals surface area contributed by atoms with Crippen LogP contribution >= 0.6 is 11.6 Å². The Labute approximate surface area is 141 Å². The van der Waals surface area contributed by atoms with Crippen LogP contribution in [0.3, 0.4) is 0 Å². The smallest absolute Gasteiger partial charge is 0.323 e. The normalized spacial score (nSPS) is 10.5. The molecule has 0 aromatic heterocycles. The average Bonchev–Trinajstić information content (AvgIpc) is 2.49. The second-order valence-electron chi connectivity index (χ2n) is 5.62. The number of ether oxygens (including phenoxy) is 1. The number of carbonyl (C=O) groups excluding carboxylic acids is 1. The summed E-state index contributed by atoms with van der Waals surface area (Å²) in [6.07, 6.45) is 0. The molecule has 0 saturated carbocycles. The molecule has 0 aliphatic heterocycles. The van der Waals surface area contributed by atoms with Crippen molar-refractivity contribution in [3.8, 4) is 5.75 Å². The average molecular weight is 333 g/mol. The highest BCUT2D eigenvalue weighted by molar-refractivity contribution is 6.32. The number of aryl methyl sites for hydroxylation is 1. The summed E-state index contributed by atoms with van der Waals surface area (Å²) in [5, 5.41) is 6.17. The van der Waals surface area contributed by atoms with Gasteiger partial charge in [0.05, 0.1) is 12.1 Å². The number of benzene rings is 2. The maximum Gasteiger partial charge on any atom is 0.323 e. The number of para-hydroxylation sites is 1. The Hall–Kier alpha value is -2.20. The molecule has 0 spiro atoms. The molecule has 2 aromatic carbocycles. The summed E-state index contributed by atoms with van der Waals surface area (Å²) in [5.41, 5.74) is 3.58. The van der Waals surface area contributed by atoms with Gasteiger partial charge in [0.25, 0.3) is 0 Å². The SMILES string of the molecule is COc1ccc(NC(=O)Nc2c(C)cccc2C(C)C)cc1Cl. The molecular weight excluding hydrogens is 312 g/mol. The summed E-state index contributed by atoms with van der Waals surface area (Å²) < 4.78 is 5.10. The van der Waals surface area contributed by atoms with Crippen molar-refractivity contribution in [3.63, 3.8) is 0 Å². The van der Waals surface area contributed by atoms with Crippen LogP contribution in [0.5, 0.6) is 5.75 Å². The summed E-state index contributed by atoms with van der Waals surface area (Å²) in [6, 6.07) is 10.8. The molecule has 2 amide bonds. The lowest BCUT2D eigenvalue weighted by Crippen LogP contribution is -2.21. The van der Waals surface area contributed by atoms with Crippen LogP contribution in [0.1, 0.15) is 30.9 Å². The maximum absolute atomic E-state index is 12.3. The number of hydrogen-bond acceptors (Lipinski definition) is 2. The Kier molecular flexibility index (Phi) is 5.50.